The van der Waals surface area contributed by atoms with Gasteiger partial charge in [0.25, 0.3) is 5.91 Å². The normalized spacial score (nSPS) is 24.6. The number of para-hydroxylation sites is 1. The molecular weight excluding hydrogens is 304 g/mol. The Balaban J connectivity index is 1.37. The van der Waals surface area contributed by atoms with Gasteiger partial charge in [0, 0.05) is 6.42 Å². The first kappa shape index (κ1) is 16.8. The van der Waals surface area contributed by atoms with Crippen molar-refractivity contribution in [3.05, 3.63) is 29.8 Å². The summed E-state index contributed by atoms with van der Waals surface area (Å²) in [5.74, 6) is 2.30. The molecule has 2 amide bonds. The molecule has 0 radical (unpaired) electrons. The van der Waals surface area contributed by atoms with Crippen molar-refractivity contribution in [2.24, 2.45) is 17.8 Å². The van der Waals surface area contributed by atoms with Crippen molar-refractivity contribution < 1.29 is 14.3 Å². The zero-order valence-electron chi connectivity index (χ0n) is 14.2. The molecule has 0 aromatic heterocycles. The number of carbonyl (C=O) groups excluding carboxylic acids is 2. The smallest absolute Gasteiger partial charge is 0.276 e. The summed E-state index contributed by atoms with van der Waals surface area (Å²) in [7, 11) is 0. The number of hydrazine groups is 1. The number of nitrogens with one attached hydrogen (secondary N) is 2. The summed E-state index contributed by atoms with van der Waals surface area (Å²) in [5, 5.41) is 0. The van der Waals surface area contributed by atoms with Crippen LogP contribution in [0, 0.1) is 17.8 Å². The second-order valence-corrected chi connectivity index (χ2v) is 6.99. The molecule has 2 fully saturated rings. The van der Waals surface area contributed by atoms with E-state index in [2.05, 4.69) is 10.9 Å². The highest BCUT2D eigenvalue weighted by Gasteiger charge is 2.40. The van der Waals surface area contributed by atoms with Gasteiger partial charge in [-0.3, -0.25) is 20.4 Å². The molecule has 0 heterocycles. The van der Waals surface area contributed by atoms with E-state index in [0.717, 1.165) is 17.9 Å². The summed E-state index contributed by atoms with van der Waals surface area (Å²) in [6, 6.07) is 7.65. The zero-order chi connectivity index (χ0) is 16.9. The molecule has 3 atom stereocenters. The first-order chi connectivity index (χ1) is 11.7. The van der Waals surface area contributed by atoms with E-state index in [4.69, 9.17) is 4.74 Å². The Hall–Kier alpha value is -2.04. The van der Waals surface area contributed by atoms with Crippen molar-refractivity contribution in [1.82, 2.24) is 10.9 Å². The van der Waals surface area contributed by atoms with Crippen LogP contribution in [0.1, 0.15) is 44.6 Å². The molecule has 0 spiro atoms. The average Bonchev–Trinajstić information content (AvgIpc) is 3.21. The molecule has 2 saturated carbocycles. The van der Waals surface area contributed by atoms with Crippen molar-refractivity contribution in [1.29, 1.82) is 0 Å². The van der Waals surface area contributed by atoms with Gasteiger partial charge in [-0.1, -0.05) is 31.5 Å². The summed E-state index contributed by atoms with van der Waals surface area (Å²) >= 11 is 0. The monoisotopic (exact) mass is 330 g/mol. The number of rotatable bonds is 6. The second-order valence-electron chi connectivity index (χ2n) is 6.99. The van der Waals surface area contributed by atoms with Crippen molar-refractivity contribution >= 4 is 11.8 Å². The molecule has 2 bridgehead atoms. The molecule has 130 valence electrons. The summed E-state index contributed by atoms with van der Waals surface area (Å²) in [5.41, 5.74) is 6.02. The summed E-state index contributed by atoms with van der Waals surface area (Å²) in [4.78, 5) is 23.8. The molecule has 5 heteroatoms. The van der Waals surface area contributed by atoms with Crippen LogP contribution in [0.25, 0.3) is 0 Å². The summed E-state index contributed by atoms with van der Waals surface area (Å²) in [6.45, 7) is 1.93. The van der Waals surface area contributed by atoms with Gasteiger partial charge in [0.2, 0.25) is 5.91 Å². The van der Waals surface area contributed by atoms with E-state index in [1.54, 1.807) is 0 Å². The van der Waals surface area contributed by atoms with Crippen molar-refractivity contribution in [2.45, 2.75) is 45.4 Å². The number of benzene rings is 1. The Bertz CT molecular complexity index is 602. The second kappa shape index (κ2) is 7.69. The predicted octanol–water partition coefficient (Wildman–Crippen LogP) is 2.60. The van der Waals surface area contributed by atoms with Crippen LogP contribution >= 0.6 is 0 Å². The molecule has 2 N–H and O–H groups in total. The lowest BCUT2D eigenvalue weighted by Gasteiger charge is -2.20. The average molecular weight is 330 g/mol. The molecule has 1 aromatic rings. The quantitative estimate of drug-likeness (QED) is 0.788. The van der Waals surface area contributed by atoms with E-state index in [1.165, 1.54) is 25.7 Å². The number of carbonyl (C=O) groups is 2. The number of ether oxygens (including phenoxy) is 1. The first-order valence-corrected chi connectivity index (χ1v) is 8.94. The van der Waals surface area contributed by atoms with Gasteiger partial charge in [-0.05, 0) is 55.1 Å². The zero-order valence-corrected chi connectivity index (χ0v) is 14.2. The van der Waals surface area contributed by atoms with Gasteiger partial charge in [0.15, 0.2) is 6.61 Å². The molecule has 24 heavy (non-hydrogen) atoms. The number of fused-ring (bicyclic) bond motifs is 2. The minimum atomic E-state index is -0.345. The third-order valence-corrected chi connectivity index (χ3v) is 5.39. The van der Waals surface area contributed by atoms with Crippen LogP contribution in [-0.4, -0.2) is 18.4 Å². The number of hydrogen-bond donors (Lipinski definition) is 2. The van der Waals surface area contributed by atoms with Crippen LogP contribution in [0.3, 0.4) is 0 Å². The van der Waals surface area contributed by atoms with Crippen LogP contribution in [-0.2, 0) is 16.0 Å². The SMILES string of the molecule is CCc1ccccc1OCC(=O)NNC(=O)CC1CC2CCC1C2. The van der Waals surface area contributed by atoms with E-state index < -0.39 is 0 Å². The van der Waals surface area contributed by atoms with Gasteiger partial charge < -0.3 is 4.74 Å². The summed E-state index contributed by atoms with van der Waals surface area (Å²) < 4.78 is 5.53. The maximum Gasteiger partial charge on any atom is 0.276 e. The van der Waals surface area contributed by atoms with E-state index in [9.17, 15) is 9.59 Å². The van der Waals surface area contributed by atoms with E-state index in [-0.39, 0.29) is 18.4 Å². The molecule has 3 unspecified atom stereocenters. The van der Waals surface area contributed by atoms with E-state index in [1.807, 2.05) is 31.2 Å². The minimum Gasteiger partial charge on any atom is -0.483 e. The Morgan fingerprint density at radius 3 is 2.62 bits per heavy atom. The molecule has 3 rings (SSSR count). The molecule has 0 saturated heterocycles. The van der Waals surface area contributed by atoms with Crippen molar-refractivity contribution in [3.8, 4) is 5.75 Å². The molecule has 0 aliphatic heterocycles. The lowest BCUT2D eigenvalue weighted by Crippen LogP contribution is -2.44. The predicted molar refractivity (Wildman–Crippen MR) is 91.2 cm³/mol. The number of hydrogen-bond acceptors (Lipinski definition) is 3. The first-order valence-electron chi connectivity index (χ1n) is 8.94. The lowest BCUT2D eigenvalue weighted by molar-refractivity contribution is -0.130. The topological polar surface area (TPSA) is 67.4 Å². The third-order valence-electron chi connectivity index (χ3n) is 5.39. The van der Waals surface area contributed by atoms with Gasteiger partial charge in [0.05, 0.1) is 0 Å². The van der Waals surface area contributed by atoms with Crippen LogP contribution in [0.15, 0.2) is 24.3 Å². The van der Waals surface area contributed by atoms with Crippen LogP contribution in [0.2, 0.25) is 0 Å². The molecule has 2 aliphatic rings. The molecule has 5 nitrogen and oxygen atoms in total. The standard InChI is InChI=1S/C19H26N2O3/c1-2-14-5-3-4-6-17(14)24-12-19(23)21-20-18(22)11-16-10-13-7-8-15(16)9-13/h3-6,13,15-16H,2,7-12H2,1H3,(H,20,22)(H,21,23). The van der Waals surface area contributed by atoms with Gasteiger partial charge >= 0.3 is 0 Å². The highest BCUT2D eigenvalue weighted by atomic mass is 16.5. The van der Waals surface area contributed by atoms with Crippen LogP contribution in [0.5, 0.6) is 5.75 Å². The van der Waals surface area contributed by atoms with Gasteiger partial charge in [-0.25, -0.2) is 0 Å². The Morgan fingerprint density at radius 2 is 1.92 bits per heavy atom. The minimum absolute atomic E-state index is 0.102. The third kappa shape index (κ3) is 4.08. The van der Waals surface area contributed by atoms with Gasteiger partial charge in [-0.15, -0.1) is 0 Å². The maximum atomic E-state index is 12.0. The van der Waals surface area contributed by atoms with Crippen molar-refractivity contribution in [2.75, 3.05) is 6.61 Å². The van der Waals surface area contributed by atoms with Gasteiger partial charge in [0.1, 0.15) is 5.75 Å². The fourth-order valence-corrected chi connectivity index (χ4v) is 4.17. The van der Waals surface area contributed by atoms with E-state index >= 15 is 0 Å². The summed E-state index contributed by atoms with van der Waals surface area (Å²) in [6.07, 6.45) is 6.41. The van der Waals surface area contributed by atoms with E-state index in [0.29, 0.717) is 24.0 Å². The van der Waals surface area contributed by atoms with Gasteiger partial charge in [-0.2, -0.15) is 0 Å². The molecule has 1 aromatic carbocycles. The fourth-order valence-electron chi connectivity index (χ4n) is 4.17. The van der Waals surface area contributed by atoms with Crippen LogP contribution in [0.4, 0.5) is 0 Å². The van der Waals surface area contributed by atoms with Crippen molar-refractivity contribution in [3.63, 3.8) is 0 Å². The number of amides is 2. The highest BCUT2D eigenvalue weighted by molar-refractivity contribution is 5.82. The number of aryl methyl sites for hydroxylation is 1. The van der Waals surface area contributed by atoms with Crippen LogP contribution < -0.4 is 15.6 Å². The maximum absolute atomic E-state index is 12.0. The molecular formula is C19H26N2O3. The Morgan fingerprint density at radius 1 is 1.12 bits per heavy atom. The molecule has 2 aliphatic carbocycles. The lowest BCUT2D eigenvalue weighted by atomic mass is 9.86. The highest BCUT2D eigenvalue weighted by Crippen LogP contribution is 2.49. The Labute approximate surface area is 143 Å². The fraction of sp³-hybridized carbons (Fsp3) is 0.579. The Kier molecular flexibility index (Phi) is 5.38. The largest absolute Gasteiger partial charge is 0.483 e.